The molecule has 0 unspecified atom stereocenters. The minimum absolute atomic E-state index is 0.00293. The molecule has 1 aromatic carbocycles. The fourth-order valence-electron chi connectivity index (χ4n) is 2.08. The van der Waals surface area contributed by atoms with Gasteiger partial charge in [0.25, 0.3) is 5.69 Å². The van der Waals surface area contributed by atoms with Crippen molar-refractivity contribution in [3.05, 3.63) is 33.3 Å². The highest BCUT2D eigenvalue weighted by Crippen LogP contribution is 2.37. The summed E-state index contributed by atoms with van der Waals surface area (Å²) in [6, 6.07) is 4.62. The van der Waals surface area contributed by atoms with Crippen LogP contribution < -0.4 is 0 Å². The number of amides is 1. The minimum atomic E-state index is -0.911. The van der Waals surface area contributed by atoms with Crippen LogP contribution in [0, 0.1) is 10.1 Å². The Bertz CT molecular complexity index is 532. The van der Waals surface area contributed by atoms with Gasteiger partial charge in [0, 0.05) is 29.4 Å². The second-order valence-electron chi connectivity index (χ2n) is 4.46. The molecule has 1 aliphatic rings. The molecule has 0 bridgehead atoms. The van der Waals surface area contributed by atoms with Gasteiger partial charge in [-0.05, 0) is 25.0 Å². The van der Waals surface area contributed by atoms with Crippen molar-refractivity contribution in [2.75, 3.05) is 13.1 Å². The Hall–Kier alpha value is -1.47. The molecule has 1 aliphatic heterocycles. The molecule has 108 valence electrons. The molecule has 6 nitrogen and oxygen atoms in total. The predicted octanol–water partition coefficient (Wildman–Crippen LogP) is 3.48. The highest BCUT2D eigenvalue weighted by atomic mass is 35.5. The van der Waals surface area contributed by atoms with E-state index in [0.29, 0.717) is 35.8 Å². The number of nitro groups is 1. The van der Waals surface area contributed by atoms with Gasteiger partial charge in [-0.2, -0.15) is 0 Å². The normalized spacial score (nSPS) is 16.1. The van der Waals surface area contributed by atoms with Crippen molar-refractivity contribution in [3.63, 3.8) is 0 Å². The number of benzene rings is 1. The summed E-state index contributed by atoms with van der Waals surface area (Å²) in [5.41, 5.74) is 0.00293. The number of nitrogens with zero attached hydrogens (tertiary/aromatic N) is 2. The van der Waals surface area contributed by atoms with Crippen LogP contribution in [0.4, 0.5) is 10.5 Å². The molecule has 1 N–H and O–H groups in total. The number of likely N-dealkylation sites (tertiary alicyclic amines) is 1. The highest BCUT2D eigenvalue weighted by molar-refractivity contribution is 8.00. The van der Waals surface area contributed by atoms with Crippen molar-refractivity contribution < 1.29 is 14.8 Å². The van der Waals surface area contributed by atoms with Crippen molar-refractivity contribution in [1.82, 2.24) is 4.90 Å². The Labute approximate surface area is 124 Å². The van der Waals surface area contributed by atoms with Crippen molar-refractivity contribution in [2.24, 2.45) is 0 Å². The summed E-state index contributed by atoms with van der Waals surface area (Å²) >= 11 is 7.19. The maximum atomic E-state index is 11.0. The van der Waals surface area contributed by atoms with Gasteiger partial charge < -0.3 is 10.0 Å². The lowest BCUT2D eigenvalue weighted by Gasteiger charge is -2.29. The lowest BCUT2D eigenvalue weighted by molar-refractivity contribution is -0.387. The molecule has 8 heteroatoms. The van der Waals surface area contributed by atoms with E-state index in [1.54, 1.807) is 12.1 Å². The molecule has 1 saturated heterocycles. The van der Waals surface area contributed by atoms with Gasteiger partial charge >= 0.3 is 6.09 Å². The molecule has 0 atom stereocenters. The van der Waals surface area contributed by atoms with Crippen LogP contribution in [0.1, 0.15) is 12.8 Å². The smallest absolute Gasteiger partial charge is 0.407 e. The van der Waals surface area contributed by atoms with E-state index in [0.717, 1.165) is 0 Å². The van der Waals surface area contributed by atoms with Crippen LogP contribution in [0.25, 0.3) is 0 Å². The van der Waals surface area contributed by atoms with Crippen LogP contribution in [0.15, 0.2) is 23.1 Å². The van der Waals surface area contributed by atoms with E-state index in [9.17, 15) is 14.9 Å². The number of hydrogen-bond acceptors (Lipinski definition) is 4. The molecule has 1 fully saturated rings. The Balaban J connectivity index is 2.04. The molecule has 1 amide bonds. The SMILES string of the molecule is O=C(O)N1CCC(Sc2ccc(Cl)cc2[N+](=O)[O-])CC1. The largest absolute Gasteiger partial charge is 0.465 e. The van der Waals surface area contributed by atoms with Crippen molar-refractivity contribution in [3.8, 4) is 0 Å². The van der Waals surface area contributed by atoms with Crippen LogP contribution >= 0.6 is 23.4 Å². The van der Waals surface area contributed by atoms with E-state index in [1.165, 1.54) is 22.7 Å². The Morgan fingerprint density at radius 1 is 1.45 bits per heavy atom. The van der Waals surface area contributed by atoms with Crippen molar-refractivity contribution in [1.29, 1.82) is 0 Å². The van der Waals surface area contributed by atoms with Gasteiger partial charge in [-0.15, -0.1) is 11.8 Å². The van der Waals surface area contributed by atoms with Gasteiger partial charge in [-0.3, -0.25) is 10.1 Å². The lowest BCUT2D eigenvalue weighted by Crippen LogP contribution is -2.38. The van der Waals surface area contributed by atoms with E-state index in [2.05, 4.69) is 0 Å². The van der Waals surface area contributed by atoms with E-state index in [-0.39, 0.29) is 10.9 Å². The molecule has 0 radical (unpaired) electrons. The number of rotatable bonds is 3. The number of piperidine rings is 1. The van der Waals surface area contributed by atoms with Gasteiger partial charge in [0.15, 0.2) is 0 Å². The quantitative estimate of drug-likeness (QED) is 0.681. The van der Waals surface area contributed by atoms with Crippen LogP contribution in [0.5, 0.6) is 0 Å². The third-order valence-electron chi connectivity index (χ3n) is 3.12. The summed E-state index contributed by atoms with van der Waals surface area (Å²) in [6.45, 7) is 0.933. The first-order valence-corrected chi connectivity index (χ1v) is 7.31. The zero-order valence-corrected chi connectivity index (χ0v) is 12.1. The number of thioether (sulfide) groups is 1. The standard InChI is InChI=1S/C12H13ClN2O4S/c13-8-1-2-11(10(7-8)15(18)19)20-9-3-5-14(6-4-9)12(16)17/h1-2,7,9H,3-6H2,(H,16,17). The highest BCUT2D eigenvalue weighted by Gasteiger charge is 2.25. The van der Waals surface area contributed by atoms with Gasteiger partial charge in [-0.25, -0.2) is 4.79 Å². The molecule has 1 heterocycles. The maximum absolute atomic E-state index is 11.0. The predicted molar refractivity (Wildman–Crippen MR) is 76.6 cm³/mol. The van der Waals surface area contributed by atoms with Crippen LogP contribution in [-0.4, -0.2) is 39.4 Å². The molecule has 0 spiro atoms. The Morgan fingerprint density at radius 3 is 2.65 bits per heavy atom. The zero-order chi connectivity index (χ0) is 14.7. The third-order valence-corrected chi connectivity index (χ3v) is 4.76. The monoisotopic (exact) mass is 316 g/mol. The number of carboxylic acid groups (broad SMARTS) is 1. The van der Waals surface area contributed by atoms with E-state index in [1.807, 2.05) is 0 Å². The molecular formula is C12H13ClN2O4S. The summed E-state index contributed by atoms with van der Waals surface area (Å²) in [6.07, 6.45) is 0.471. The maximum Gasteiger partial charge on any atom is 0.407 e. The Morgan fingerprint density at radius 2 is 2.10 bits per heavy atom. The van der Waals surface area contributed by atoms with Crippen molar-refractivity contribution >= 4 is 35.1 Å². The number of carbonyl (C=O) groups is 1. The lowest BCUT2D eigenvalue weighted by atomic mass is 10.1. The summed E-state index contributed by atoms with van der Waals surface area (Å²) in [4.78, 5) is 23.3. The van der Waals surface area contributed by atoms with Crippen LogP contribution in [0.2, 0.25) is 5.02 Å². The minimum Gasteiger partial charge on any atom is -0.465 e. The first kappa shape index (κ1) is 14.9. The molecule has 20 heavy (non-hydrogen) atoms. The van der Waals surface area contributed by atoms with Crippen molar-refractivity contribution in [2.45, 2.75) is 23.0 Å². The number of hydrogen-bond donors (Lipinski definition) is 1. The fourth-order valence-corrected chi connectivity index (χ4v) is 3.45. The van der Waals surface area contributed by atoms with Crippen LogP contribution in [-0.2, 0) is 0 Å². The van der Waals surface area contributed by atoms with Gasteiger partial charge in [0.1, 0.15) is 0 Å². The second-order valence-corrected chi connectivity index (χ2v) is 6.23. The first-order valence-electron chi connectivity index (χ1n) is 6.06. The molecule has 0 aliphatic carbocycles. The zero-order valence-electron chi connectivity index (χ0n) is 10.5. The van der Waals surface area contributed by atoms with Gasteiger partial charge in [0.05, 0.1) is 9.82 Å². The molecule has 1 aromatic rings. The Kier molecular flexibility index (Phi) is 4.72. The molecule has 0 saturated carbocycles. The van der Waals surface area contributed by atoms with Gasteiger partial charge in [0.2, 0.25) is 0 Å². The first-order chi connectivity index (χ1) is 9.47. The van der Waals surface area contributed by atoms with E-state index >= 15 is 0 Å². The average molecular weight is 317 g/mol. The molecule has 0 aromatic heterocycles. The fraction of sp³-hybridized carbons (Fsp3) is 0.417. The number of halogens is 1. The summed E-state index contributed by atoms with van der Waals surface area (Å²) in [5.74, 6) is 0. The summed E-state index contributed by atoms with van der Waals surface area (Å²) in [5, 5.41) is 20.4. The van der Waals surface area contributed by atoms with E-state index in [4.69, 9.17) is 16.7 Å². The third kappa shape index (κ3) is 3.55. The molecule has 2 rings (SSSR count). The summed E-state index contributed by atoms with van der Waals surface area (Å²) < 4.78 is 0. The molecular weight excluding hydrogens is 304 g/mol. The summed E-state index contributed by atoms with van der Waals surface area (Å²) in [7, 11) is 0. The van der Waals surface area contributed by atoms with Crippen LogP contribution in [0.3, 0.4) is 0 Å². The topological polar surface area (TPSA) is 83.7 Å². The van der Waals surface area contributed by atoms with E-state index < -0.39 is 11.0 Å². The average Bonchev–Trinajstić information content (AvgIpc) is 2.41. The van der Waals surface area contributed by atoms with Gasteiger partial charge in [-0.1, -0.05) is 11.6 Å². The number of nitro benzene ring substituents is 1. The second kappa shape index (κ2) is 6.32.